The number of hydrogen-bond donors (Lipinski definition) is 1. The van der Waals surface area contributed by atoms with Crippen molar-refractivity contribution in [2.45, 2.75) is 44.7 Å². The maximum absolute atomic E-state index is 13.9. The van der Waals surface area contributed by atoms with Crippen molar-refractivity contribution >= 4 is 50.7 Å². The predicted molar refractivity (Wildman–Crippen MR) is 158 cm³/mol. The first-order valence-corrected chi connectivity index (χ1v) is 14.9. The summed E-state index contributed by atoms with van der Waals surface area (Å²) in [7, 11) is -2.67. The van der Waals surface area contributed by atoms with Gasteiger partial charge in [0.05, 0.1) is 27.7 Å². The highest BCUT2D eigenvalue weighted by atomic mass is 35.5. The lowest BCUT2D eigenvalue weighted by molar-refractivity contribution is -0.139. The van der Waals surface area contributed by atoms with Crippen LogP contribution in [0.3, 0.4) is 0 Å². The number of hydrogen-bond acceptors (Lipinski definition) is 5. The second-order valence-electron chi connectivity index (χ2n) is 9.26. The highest BCUT2D eigenvalue weighted by Gasteiger charge is 2.32. The summed E-state index contributed by atoms with van der Waals surface area (Å²) in [4.78, 5) is 28.3. The van der Waals surface area contributed by atoms with E-state index in [1.165, 1.54) is 42.3 Å². The molecular weight excluding hydrogens is 573 g/mol. The molecule has 0 saturated carbocycles. The average Bonchev–Trinajstić information content (AvgIpc) is 2.94. The van der Waals surface area contributed by atoms with Crippen LogP contribution in [-0.2, 0) is 26.2 Å². The molecule has 0 aromatic heterocycles. The molecular formula is C29H33Cl2N3O5S. The van der Waals surface area contributed by atoms with Crippen LogP contribution in [0.5, 0.6) is 5.75 Å². The molecule has 0 aliphatic heterocycles. The molecule has 0 radical (unpaired) electrons. The van der Waals surface area contributed by atoms with Crippen LogP contribution >= 0.6 is 23.2 Å². The summed E-state index contributed by atoms with van der Waals surface area (Å²) in [5, 5.41) is 3.19. The molecule has 0 unspecified atom stereocenters. The van der Waals surface area contributed by atoms with Crippen molar-refractivity contribution < 1.29 is 22.7 Å². The van der Waals surface area contributed by atoms with E-state index < -0.39 is 28.5 Å². The molecule has 3 aromatic carbocycles. The topological polar surface area (TPSA) is 96.0 Å². The first-order chi connectivity index (χ1) is 19.0. The van der Waals surface area contributed by atoms with E-state index in [0.29, 0.717) is 17.9 Å². The molecule has 0 spiro atoms. The van der Waals surface area contributed by atoms with Crippen LogP contribution < -0.4 is 14.4 Å². The predicted octanol–water partition coefficient (Wildman–Crippen LogP) is 5.45. The van der Waals surface area contributed by atoms with Crippen LogP contribution in [0.15, 0.2) is 71.6 Å². The normalized spacial score (nSPS) is 11.9. The number of aryl methyl sites for hydroxylation is 1. The monoisotopic (exact) mass is 605 g/mol. The highest BCUT2D eigenvalue weighted by molar-refractivity contribution is 7.92. The van der Waals surface area contributed by atoms with Crippen molar-refractivity contribution in [3.05, 3.63) is 87.9 Å². The molecule has 0 aliphatic carbocycles. The minimum Gasteiger partial charge on any atom is -0.497 e. The van der Waals surface area contributed by atoms with Gasteiger partial charge in [-0.25, -0.2) is 8.42 Å². The number of carbonyl (C=O) groups excluding carboxylic acids is 2. The Kier molecular flexibility index (Phi) is 10.8. The van der Waals surface area contributed by atoms with Crippen LogP contribution in [0.4, 0.5) is 5.69 Å². The van der Waals surface area contributed by atoms with Crippen LogP contribution in [0.1, 0.15) is 31.4 Å². The van der Waals surface area contributed by atoms with Gasteiger partial charge < -0.3 is 15.0 Å². The number of nitrogens with one attached hydrogen (secondary N) is 1. The third-order valence-corrected chi connectivity index (χ3v) is 8.81. The molecule has 214 valence electrons. The van der Waals surface area contributed by atoms with E-state index in [4.69, 9.17) is 27.9 Å². The summed E-state index contributed by atoms with van der Waals surface area (Å²) >= 11 is 12.3. The van der Waals surface area contributed by atoms with Crippen LogP contribution in [-0.4, -0.2) is 51.4 Å². The summed E-state index contributed by atoms with van der Waals surface area (Å²) in [5.41, 5.74) is 1.76. The third-order valence-electron chi connectivity index (χ3n) is 6.28. The van der Waals surface area contributed by atoms with Gasteiger partial charge in [-0.2, -0.15) is 0 Å². The van der Waals surface area contributed by atoms with Gasteiger partial charge >= 0.3 is 0 Å². The molecule has 3 rings (SSSR count). The summed E-state index contributed by atoms with van der Waals surface area (Å²) in [6, 6.07) is 16.9. The minimum atomic E-state index is -4.21. The van der Waals surface area contributed by atoms with E-state index in [1.54, 1.807) is 43.3 Å². The van der Waals surface area contributed by atoms with Crippen molar-refractivity contribution in [2.75, 3.05) is 24.5 Å². The van der Waals surface area contributed by atoms with Gasteiger partial charge in [-0.05, 0) is 68.3 Å². The summed E-state index contributed by atoms with van der Waals surface area (Å²) in [6.07, 6.45) is 0.724. The van der Waals surface area contributed by atoms with E-state index in [9.17, 15) is 18.0 Å². The number of ether oxygens (including phenoxy) is 1. The first kappa shape index (κ1) is 31.3. The molecule has 2 amide bonds. The molecule has 0 bridgehead atoms. The number of benzene rings is 3. The second kappa shape index (κ2) is 13.9. The maximum Gasteiger partial charge on any atom is 0.264 e. The number of nitrogens with zero attached hydrogens (tertiary/aromatic N) is 2. The Balaban J connectivity index is 2.05. The number of rotatable bonds is 12. The standard InChI is InChI=1S/C29H33Cl2N3O5S/c1-5-15-32-29(36)21(3)33(18-22-7-6-8-24(16-22)39-4)28(35)19-34(23-11-14-26(30)27(31)17-23)40(37,38)25-12-9-20(2)10-13-25/h6-14,16-17,21H,5,15,18-19H2,1-4H3,(H,32,36)/t21-/m0/s1. The molecule has 40 heavy (non-hydrogen) atoms. The van der Waals surface area contributed by atoms with Crippen LogP contribution in [0, 0.1) is 6.92 Å². The number of carbonyl (C=O) groups is 2. The van der Waals surface area contributed by atoms with E-state index in [-0.39, 0.29) is 33.1 Å². The Labute approximate surface area is 245 Å². The maximum atomic E-state index is 13.9. The number of sulfonamides is 1. The molecule has 0 heterocycles. The number of methoxy groups -OCH3 is 1. The lowest BCUT2D eigenvalue weighted by Gasteiger charge is -2.32. The third kappa shape index (κ3) is 7.68. The van der Waals surface area contributed by atoms with Crippen molar-refractivity contribution in [3.63, 3.8) is 0 Å². The van der Waals surface area contributed by atoms with Crippen molar-refractivity contribution in [2.24, 2.45) is 0 Å². The van der Waals surface area contributed by atoms with E-state index in [2.05, 4.69) is 5.32 Å². The zero-order chi connectivity index (χ0) is 29.4. The van der Waals surface area contributed by atoms with E-state index in [0.717, 1.165) is 16.3 Å². The van der Waals surface area contributed by atoms with Gasteiger partial charge in [-0.1, -0.05) is 60.0 Å². The SMILES string of the molecule is CCCNC(=O)[C@H](C)N(Cc1cccc(OC)c1)C(=O)CN(c1ccc(Cl)c(Cl)c1)S(=O)(=O)c1ccc(C)cc1. The van der Waals surface area contributed by atoms with Gasteiger partial charge in [0.2, 0.25) is 11.8 Å². The average molecular weight is 607 g/mol. The van der Waals surface area contributed by atoms with Gasteiger partial charge in [0.25, 0.3) is 10.0 Å². The van der Waals surface area contributed by atoms with Crippen molar-refractivity contribution in [1.29, 1.82) is 0 Å². The Hall–Kier alpha value is -3.27. The first-order valence-electron chi connectivity index (χ1n) is 12.7. The Morgan fingerprint density at radius 1 is 1.00 bits per heavy atom. The largest absolute Gasteiger partial charge is 0.497 e. The summed E-state index contributed by atoms with van der Waals surface area (Å²) in [5.74, 6) is -0.336. The fraction of sp³-hybridized carbons (Fsp3) is 0.310. The highest BCUT2D eigenvalue weighted by Crippen LogP contribution is 2.31. The van der Waals surface area contributed by atoms with Gasteiger partial charge in [0.1, 0.15) is 18.3 Å². The molecule has 8 nitrogen and oxygen atoms in total. The molecule has 3 aromatic rings. The van der Waals surface area contributed by atoms with Crippen LogP contribution in [0.25, 0.3) is 0 Å². The number of amides is 2. The smallest absolute Gasteiger partial charge is 0.264 e. The Morgan fingerprint density at radius 2 is 1.70 bits per heavy atom. The number of halogens is 2. The quantitative estimate of drug-likeness (QED) is 0.296. The Morgan fingerprint density at radius 3 is 2.33 bits per heavy atom. The molecule has 0 aliphatic rings. The van der Waals surface area contributed by atoms with Gasteiger partial charge in [0, 0.05) is 13.1 Å². The van der Waals surface area contributed by atoms with Crippen molar-refractivity contribution in [3.8, 4) is 5.75 Å². The van der Waals surface area contributed by atoms with Gasteiger partial charge in [-0.3, -0.25) is 13.9 Å². The summed E-state index contributed by atoms with van der Waals surface area (Å²) in [6.45, 7) is 5.30. The zero-order valence-corrected chi connectivity index (χ0v) is 25.2. The van der Waals surface area contributed by atoms with Crippen molar-refractivity contribution in [1.82, 2.24) is 10.2 Å². The fourth-order valence-electron chi connectivity index (χ4n) is 3.95. The van der Waals surface area contributed by atoms with Gasteiger partial charge in [-0.15, -0.1) is 0 Å². The second-order valence-corrected chi connectivity index (χ2v) is 11.9. The van der Waals surface area contributed by atoms with E-state index in [1.807, 2.05) is 13.8 Å². The zero-order valence-electron chi connectivity index (χ0n) is 22.9. The lowest BCUT2D eigenvalue weighted by Crippen LogP contribution is -2.51. The Bertz CT molecular complexity index is 1450. The molecule has 0 saturated heterocycles. The minimum absolute atomic E-state index is 0.00468. The molecule has 1 atom stereocenters. The van der Waals surface area contributed by atoms with Crippen LogP contribution in [0.2, 0.25) is 10.0 Å². The fourth-order valence-corrected chi connectivity index (χ4v) is 5.65. The molecule has 0 fully saturated rings. The summed E-state index contributed by atoms with van der Waals surface area (Å²) < 4.78 is 34.0. The molecule has 11 heteroatoms. The van der Waals surface area contributed by atoms with Gasteiger partial charge in [0.15, 0.2) is 0 Å². The number of anilines is 1. The molecule has 1 N–H and O–H groups in total. The van der Waals surface area contributed by atoms with E-state index >= 15 is 0 Å². The lowest BCUT2D eigenvalue weighted by atomic mass is 10.1.